The quantitative estimate of drug-likeness (QED) is 0.364. The number of benzene rings is 1. The van der Waals surface area contributed by atoms with E-state index in [2.05, 4.69) is 0 Å². The SMILES string of the molecule is CCOc1ccccc1N1C(=O)[C@@H]2[C@H](C1=O)[C@@]1(Cl)C(Cl)=C(Cl)[C@@]2(Cl)C1(OC)OC. The zero-order chi connectivity index (χ0) is 21.4. The van der Waals surface area contributed by atoms with Crippen LogP contribution in [0.15, 0.2) is 34.3 Å². The van der Waals surface area contributed by atoms with Crippen molar-refractivity contribution in [2.24, 2.45) is 11.8 Å². The molecule has 0 spiro atoms. The molecule has 3 aliphatic rings. The summed E-state index contributed by atoms with van der Waals surface area (Å²) in [5, 5.41) is -0.135. The van der Waals surface area contributed by atoms with Crippen LogP contribution in [0.1, 0.15) is 6.92 Å². The fourth-order valence-corrected chi connectivity index (χ4v) is 7.02. The molecule has 156 valence electrons. The van der Waals surface area contributed by atoms with E-state index in [0.29, 0.717) is 18.0 Å². The molecule has 2 bridgehead atoms. The van der Waals surface area contributed by atoms with Crippen LogP contribution in [0.4, 0.5) is 5.69 Å². The number of carbonyl (C=O) groups excluding carboxylic acids is 2. The summed E-state index contributed by atoms with van der Waals surface area (Å²) in [4.78, 5) is 24.6. The Labute approximate surface area is 187 Å². The lowest BCUT2D eigenvalue weighted by Crippen LogP contribution is -2.60. The zero-order valence-electron chi connectivity index (χ0n) is 15.7. The van der Waals surface area contributed by atoms with Gasteiger partial charge in [-0.3, -0.25) is 9.59 Å². The Morgan fingerprint density at radius 3 is 1.90 bits per heavy atom. The summed E-state index contributed by atoms with van der Waals surface area (Å²) in [6.07, 6.45) is 0. The maximum absolute atomic E-state index is 13.5. The van der Waals surface area contributed by atoms with E-state index < -0.39 is 39.2 Å². The fraction of sp³-hybridized carbons (Fsp3) is 0.474. The Kier molecular flexibility index (Phi) is 4.93. The molecule has 0 radical (unpaired) electrons. The Morgan fingerprint density at radius 2 is 1.45 bits per heavy atom. The Balaban J connectivity index is 1.92. The van der Waals surface area contributed by atoms with Crippen molar-refractivity contribution in [3.05, 3.63) is 34.3 Å². The van der Waals surface area contributed by atoms with Crippen molar-refractivity contribution < 1.29 is 23.8 Å². The van der Waals surface area contributed by atoms with E-state index in [1.165, 1.54) is 14.2 Å². The average Bonchev–Trinajstić information content (AvgIpc) is 3.13. The van der Waals surface area contributed by atoms with Gasteiger partial charge in [-0.1, -0.05) is 35.3 Å². The van der Waals surface area contributed by atoms with Crippen LogP contribution in [0, 0.1) is 11.8 Å². The van der Waals surface area contributed by atoms with Crippen molar-refractivity contribution in [1.29, 1.82) is 0 Å². The molecule has 1 saturated heterocycles. The van der Waals surface area contributed by atoms with Crippen molar-refractivity contribution in [2.45, 2.75) is 22.5 Å². The molecule has 10 heteroatoms. The lowest BCUT2D eigenvalue weighted by molar-refractivity contribution is -0.221. The van der Waals surface area contributed by atoms with Gasteiger partial charge in [-0.05, 0) is 19.1 Å². The van der Waals surface area contributed by atoms with E-state index >= 15 is 0 Å². The van der Waals surface area contributed by atoms with Gasteiger partial charge in [0.1, 0.15) is 15.5 Å². The molecule has 29 heavy (non-hydrogen) atoms. The maximum atomic E-state index is 13.5. The summed E-state index contributed by atoms with van der Waals surface area (Å²) in [6, 6.07) is 6.72. The minimum atomic E-state index is -1.80. The number of rotatable bonds is 5. The standard InChI is InChI=1S/C19H17Cl4NO5/c1-4-29-10-8-6-5-7-9(10)24-15(25)11-12(16(24)26)18(23)14(21)13(20)17(11,22)19(18,27-2)28-3/h5-8,11-12H,4H2,1-3H3/t11-,12+,17-,18-/m1/s1. The van der Waals surface area contributed by atoms with Crippen LogP contribution in [-0.2, 0) is 19.1 Å². The van der Waals surface area contributed by atoms with Gasteiger partial charge in [0.2, 0.25) is 17.6 Å². The number of para-hydroxylation sites is 2. The van der Waals surface area contributed by atoms with Crippen molar-refractivity contribution in [2.75, 3.05) is 25.7 Å². The minimum absolute atomic E-state index is 0.0677. The Bertz CT molecular complexity index is 902. The average molecular weight is 481 g/mol. The monoisotopic (exact) mass is 479 g/mol. The normalized spacial score (nSPS) is 34.9. The van der Waals surface area contributed by atoms with Crippen molar-refractivity contribution >= 4 is 63.9 Å². The highest BCUT2D eigenvalue weighted by molar-refractivity contribution is 6.54. The van der Waals surface area contributed by atoms with Crippen LogP contribution in [0.2, 0.25) is 0 Å². The van der Waals surface area contributed by atoms with Crippen molar-refractivity contribution in [3.63, 3.8) is 0 Å². The van der Waals surface area contributed by atoms with Gasteiger partial charge in [0.15, 0.2) is 0 Å². The van der Waals surface area contributed by atoms with Gasteiger partial charge < -0.3 is 14.2 Å². The molecule has 4 atom stereocenters. The lowest BCUT2D eigenvalue weighted by Gasteiger charge is -2.42. The van der Waals surface area contributed by atoms with E-state index in [4.69, 9.17) is 60.6 Å². The van der Waals surface area contributed by atoms with Gasteiger partial charge in [0.25, 0.3) is 0 Å². The van der Waals surface area contributed by atoms with Crippen molar-refractivity contribution in [3.8, 4) is 5.75 Å². The van der Waals surface area contributed by atoms with Gasteiger partial charge in [-0.25, -0.2) is 4.90 Å². The number of alkyl halides is 2. The number of amides is 2. The van der Waals surface area contributed by atoms with Gasteiger partial charge in [0.05, 0.1) is 34.2 Å². The Morgan fingerprint density at radius 1 is 0.966 bits per heavy atom. The topological polar surface area (TPSA) is 65.1 Å². The third-order valence-electron chi connectivity index (χ3n) is 5.93. The molecular weight excluding hydrogens is 464 g/mol. The minimum Gasteiger partial charge on any atom is -0.492 e. The molecule has 6 nitrogen and oxygen atoms in total. The highest BCUT2D eigenvalue weighted by Gasteiger charge is 2.89. The van der Waals surface area contributed by atoms with Gasteiger partial charge in [-0.15, -0.1) is 23.2 Å². The second-order valence-corrected chi connectivity index (χ2v) is 8.89. The van der Waals surface area contributed by atoms with Gasteiger partial charge in [0, 0.05) is 14.2 Å². The first kappa shape index (κ1) is 21.2. The summed E-state index contributed by atoms with van der Waals surface area (Å²) in [6.45, 7) is 2.16. The summed E-state index contributed by atoms with van der Waals surface area (Å²) in [5.74, 6) is -4.86. The van der Waals surface area contributed by atoms with Crippen LogP contribution in [0.5, 0.6) is 5.75 Å². The number of anilines is 1. The van der Waals surface area contributed by atoms with Crippen LogP contribution < -0.4 is 9.64 Å². The smallest absolute Gasteiger partial charge is 0.240 e. The molecule has 4 rings (SSSR count). The largest absolute Gasteiger partial charge is 0.492 e. The molecule has 1 saturated carbocycles. The summed E-state index contributed by atoms with van der Waals surface area (Å²) < 4.78 is 16.7. The number of hydrogen-bond acceptors (Lipinski definition) is 5. The molecule has 2 fully saturated rings. The lowest BCUT2D eigenvalue weighted by atomic mass is 9.84. The first-order valence-electron chi connectivity index (χ1n) is 8.83. The van der Waals surface area contributed by atoms with Crippen LogP contribution in [0.25, 0.3) is 0 Å². The number of nitrogens with zero attached hydrogens (tertiary/aromatic N) is 1. The van der Waals surface area contributed by atoms with Crippen LogP contribution in [0.3, 0.4) is 0 Å². The molecule has 0 unspecified atom stereocenters. The van der Waals surface area contributed by atoms with Gasteiger partial charge >= 0.3 is 0 Å². The third-order valence-corrected chi connectivity index (χ3v) is 8.54. The van der Waals surface area contributed by atoms with E-state index in [1.54, 1.807) is 31.2 Å². The molecule has 0 aromatic heterocycles. The Hall–Kier alpha value is -1.02. The number of carbonyl (C=O) groups is 2. The van der Waals surface area contributed by atoms with E-state index in [9.17, 15) is 9.59 Å². The van der Waals surface area contributed by atoms with Gasteiger partial charge in [-0.2, -0.15) is 0 Å². The second-order valence-electron chi connectivity index (χ2n) is 6.94. The fourth-order valence-electron chi connectivity index (χ4n) is 4.86. The highest BCUT2D eigenvalue weighted by Crippen LogP contribution is 2.75. The third kappa shape index (κ3) is 2.13. The zero-order valence-corrected chi connectivity index (χ0v) is 18.7. The van der Waals surface area contributed by atoms with E-state index in [0.717, 1.165) is 4.90 Å². The maximum Gasteiger partial charge on any atom is 0.240 e. The summed E-state index contributed by atoms with van der Waals surface area (Å²) in [7, 11) is 2.63. The van der Waals surface area contributed by atoms with Crippen LogP contribution >= 0.6 is 46.4 Å². The number of imide groups is 1. The number of methoxy groups -OCH3 is 2. The first-order valence-corrected chi connectivity index (χ1v) is 10.3. The number of hydrogen-bond donors (Lipinski definition) is 0. The van der Waals surface area contributed by atoms with Crippen molar-refractivity contribution in [1.82, 2.24) is 0 Å². The molecule has 0 N–H and O–H groups in total. The molecule has 1 aliphatic heterocycles. The first-order chi connectivity index (χ1) is 13.7. The molecule has 2 amide bonds. The summed E-state index contributed by atoms with van der Waals surface area (Å²) in [5.41, 5.74) is 0.298. The predicted octanol–water partition coefficient (Wildman–Crippen LogP) is 3.85. The number of fused-ring (bicyclic) bond motifs is 5. The second kappa shape index (κ2) is 6.74. The molecule has 1 aromatic carbocycles. The van der Waals surface area contributed by atoms with E-state index in [1.807, 2.05) is 0 Å². The molecule has 2 aliphatic carbocycles. The molecule has 1 heterocycles. The number of halogens is 4. The predicted molar refractivity (Wildman–Crippen MR) is 110 cm³/mol. The molecular formula is C19H17Cl4NO5. The highest BCUT2D eigenvalue weighted by atomic mass is 35.5. The molecule has 1 aromatic rings. The van der Waals surface area contributed by atoms with Crippen LogP contribution in [-0.4, -0.2) is 48.2 Å². The number of ether oxygens (including phenoxy) is 3. The van der Waals surface area contributed by atoms with E-state index in [-0.39, 0.29) is 10.1 Å². The summed E-state index contributed by atoms with van der Waals surface area (Å²) >= 11 is 26.8.